The highest BCUT2D eigenvalue weighted by Crippen LogP contribution is 2.23. The van der Waals surface area contributed by atoms with E-state index in [2.05, 4.69) is 5.32 Å². The number of rotatable bonds is 6. The number of hydrogen-bond acceptors (Lipinski definition) is 2. The number of Topliss-reactive ketones (excluding diaryl/α,β-unsaturated/α-hetero) is 1. The van der Waals surface area contributed by atoms with Crippen LogP contribution in [0.25, 0.3) is 10.9 Å². The molecular weight excluding hydrogens is 324 g/mol. The fraction of sp³-hybridized carbons (Fsp3) is 0.273. The van der Waals surface area contributed by atoms with Gasteiger partial charge in [-0.25, -0.2) is 0 Å². The summed E-state index contributed by atoms with van der Waals surface area (Å²) in [6.07, 6.45) is 3.14. The Morgan fingerprint density at radius 1 is 1.08 bits per heavy atom. The summed E-state index contributed by atoms with van der Waals surface area (Å²) in [6, 6.07) is 13.7. The number of hydrogen-bond donors (Lipinski definition) is 1. The summed E-state index contributed by atoms with van der Waals surface area (Å²) in [6.45, 7) is 6.14. The lowest BCUT2D eigenvalue weighted by atomic mass is 10.1. The molecule has 0 aliphatic heterocycles. The van der Waals surface area contributed by atoms with Crippen molar-refractivity contribution in [3.8, 4) is 0 Å². The monoisotopic (exact) mass is 348 g/mol. The number of para-hydroxylation sites is 1. The predicted octanol–water partition coefficient (Wildman–Crippen LogP) is 4.88. The maximum atomic E-state index is 12.6. The zero-order valence-corrected chi connectivity index (χ0v) is 15.5. The van der Waals surface area contributed by atoms with E-state index >= 15 is 0 Å². The molecule has 0 unspecified atom stereocenters. The SMILES string of the molecule is CCCC(=O)c1cn(CC(=O)Nc2cc(C)ccc2C)c2ccccc12. The molecule has 0 aliphatic carbocycles. The first kappa shape index (κ1) is 17.9. The van der Waals surface area contributed by atoms with E-state index in [4.69, 9.17) is 0 Å². The number of benzene rings is 2. The molecule has 0 fully saturated rings. The number of aromatic nitrogens is 1. The third kappa shape index (κ3) is 3.69. The maximum Gasteiger partial charge on any atom is 0.244 e. The number of nitrogens with one attached hydrogen (secondary N) is 1. The number of amides is 1. The highest BCUT2D eigenvalue weighted by Gasteiger charge is 2.16. The van der Waals surface area contributed by atoms with Gasteiger partial charge in [-0.05, 0) is 43.5 Å². The van der Waals surface area contributed by atoms with E-state index in [0.717, 1.165) is 34.1 Å². The van der Waals surface area contributed by atoms with E-state index < -0.39 is 0 Å². The third-order valence-electron chi connectivity index (χ3n) is 4.55. The third-order valence-corrected chi connectivity index (χ3v) is 4.55. The van der Waals surface area contributed by atoms with Crippen LogP contribution in [0.4, 0.5) is 5.69 Å². The maximum absolute atomic E-state index is 12.6. The van der Waals surface area contributed by atoms with Crippen molar-refractivity contribution in [2.24, 2.45) is 0 Å². The standard InChI is InChI=1S/C22H24N2O2/c1-4-7-21(25)18-13-24(20-9-6-5-8-17(18)20)14-22(26)23-19-12-15(2)10-11-16(19)3/h5-6,8-13H,4,7,14H2,1-3H3,(H,23,26). The number of carbonyl (C=O) groups is 2. The molecule has 1 amide bonds. The first-order valence-electron chi connectivity index (χ1n) is 8.97. The molecule has 134 valence electrons. The first-order chi connectivity index (χ1) is 12.5. The molecule has 1 heterocycles. The zero-order chi connectivity index (χ0) is 18.7. The lowest BCUT2D eigenvalue weighted by Gasteiger charge is -2.10. The summed E-state index contributed by atoms with van der Waals surface area (Å²) in [5.41, 5.74) is 4.56. The topological polar surface area (TPSA) is 51.1 Å². The van der Waals surface area contributed by atoms with Crippen molar-refractivity contribution in [2.45, 2.75) is 40.2 Å². The number of anilines is 1. The average Bonchev–Trinajstić information content (AvgIpc) is 2.97. The molecule has 0 radical (unpaired) electrons. The lowest BCUT2D eigenvalue weighted by molar-refractivity contribution is -0.116. The van der Waals surface area contributed by atoms with Crippen LogP contribution in [0.1, 0.15) is 41.3 Å². The van der Waals surface area contributed by atoms with Gasteiger partial charge in [0.05, 0.1) is 0 Å². The Bertz CT molecular complexity index is 969. The van der Waals surface area contributed by atoms with Crippen LogP contribution in [0.3, 0.4) is 0 Å². The minimum Gasteiger partial charge on any atom is -0.337 e. The number of ketones is 1. The van der Waals surface area contributed by atoms with Gasteiger partial charge in [-0.2, -0.15) is 0 Å². The Labute approximate surface area is 153 Å². The minimum atomic E-state index is -0.103. The van der Waals surface area contributed by atoms with Crippen LogP contribution >= 0.6 is 0 Å². The Morgan fingerprint density at radius 3 is 2.62 bits per heavy atom. The Balaban J connectivity index is 1.87. The van der Waals surface area contributed by atoms with Gasteiger partial charge in [-0.3, -0.25) is 9.59 Å². The molecule has 4 heteroatoms. The Hall–Kier alpha value is -2.88. The van der Waals surface area contributed by atoms with Gasteiger partial charge in [0, 0.05) is 34.8 Å². The molecule has 0 atom stereocenters. The normalized spacial score (nSPS) is 10.9. The molecule has 0 bridgehead atoms. The van der Waals surface area contributed by atoms with E-state index in [1.807, 2.05) is 74.0 Å². The largest absolute Gasteiger partial charge is 0.337 e. The highest BCUT2D eigenvalue weighted by atomic mass is 16.2. The van der Waals surface area contributed by atoms with Gasteiger partial charge >= 0.3 is 0 Å². The molecule has 1 aromatic heterocycles. The van der Waals surface area contributed by atoms with Gasteiger partial charge in [0.1, 0.15) is 6.54 Å². The quantitative estimate of drug-likeness (QED) is 0.646. The second-order valence-corrected chi connectivity index (χ2v) is 6.73. The molecule has 4 nitrogen and oxygen atoms in total. The van der Waals surface area contributed by atoms with Crippen LogP contribution in [-0.4, -0.2) is 16.3 Å². The van der Waals surface area contributed by atoms with Gasteiger partial charge < -0.3 is 9.88 Å². The second kappa shape index (κ2) is 7.56. The van der Waals surface area contributed by atoms with E-state index in [9.17, 15) is 9.59 Å². The summed E-state index contributed by atoms with van der Waals surface area (Å²) in [4.78, 5) is 25.0. The van der Waals surface area contributed by atoms with Crippen molar-refractivity contribution >= 4 is 28.3 Å². The van der Waals surface area contributed by atoms with E-state index in [1.54, 1.807) is 0 Å². The molecule has 0 spiro atoms. The fourth-order valence-electron chi connectivity index (χ4n) is 3.18. The molecule has 3 rings (SSSR count). The zero-order valence-electron chi connectivity index (χ0n) is 15.5. The lowest BCUT2D eigenvalue weighted by Crippen LogP contribution is -2.19. The van der Waals surface area contributed by atoms with Gasteiger partial charge in [-0.1, -0.05) is 37.3 Å². The van der Waals surface area contributed by atoms with Crippen LogP contribution in [0.15, 0.2) is 48.7 Å². The van der Waals surface area contributed by atoms with E-state index in [0.29, 0.717) is 12.0 Å². The first-order valence-corrected chi connectivity index (χ1v) is 8.97. The van der Waals surface area contributed by atoms with Crippen LogP contribution in [0.2, 0.25) is 0 Å². The molecule has 0 saturated carbocycles. The van der Waals surface area contributed by atoms with Crippen molar-refractivity contribution in [1.29, 1.82) is 0 Å². The number of aryl methyl sites for hydroxylation is 2. The molecule has 2 aromatic carbocycles. The Kier molecular flexibility index (Phi) is 5.21. The van der Waals surface area contributed by atoms with Crippen LogP contribution in [-0.2, 0) is 11.3 Å². The summed E-state index contributed by atoms with van der Waals surface area (Å²) < 4.78 is 1.86. The summed E-state index contributed by atoms with van der Waals surface area (Å²) in [5, 5.41) is 3.89. The molecule has 0 aliphatic rings. The van der Waals surface area contributed by atoms with Crippen molar-refractivity contribution in [1.82, 2.24) is 4.57 Å². The average molecular weight is 348 g/mol. The van der Waals surface area contributed by atoms with E-state index in [1.165, 1.54) is 0 Å². The smallest absolute Gasteiger partial charge is 0.244 e. The molecule has 26 heavy (non-hydrogen) atoms. The number of carbonyl (C=O) groups excluding carboxylic acids is 2. The molecule has 3 aromatic rings. The summed E-state index contributed by atoms with van der Waals surface area (Å²) in [7, 11) is 0. The minimum absolute atomic E-state index is 0.103. The van der Waals surface area contributed by atoms with Gasteiger partial charge in [0.25, 0.3) is 0 Å². The summed E-state index contributed by atoms with van der Waals surface area (Å²) in [5.74, 6) is 0.0198. The van der Waals surface area contributed by atoms with Crippen molar-refractivity contribution in [2.75, 3.05) is 5.32 Å². The number of fused-ring (bicyclic) bond motifs is 1. The molecular formula is C22H24N2O2. The van der Waals surface area contributed by atoms with Crippen molar-refractivity contribution in [3.05, 3.63) is 65.4 Å². The molecule has 0 saturated heterocycles. The van der Waals surface area contributed by atoms with Crippen LogP contribution in [0.5, 0.6) is 0 Å². The van der Waals surface area contributed by atoms with Gasteiger partial charge in [0.2, 0.25) is 5.91 Å². The van der Waals surface area contributed by atoms with Gasteiger partial charge in [0.15, 0.2) is 5.78 Å². The molecule has 1 N–H and O–H groups in total. The second-order valence-electron chi connectivity index (χ2n) is 6.73. The van der Waals surface area contributed by atoms with Gasteiger partial charge in [-0.15, -0.1) is 0 Å². The fourth-order valence-corrected chi connectivity index (χ4v) is 3.18. The van der Waals surface area contributed by atoms with Crippen molar-refractivity contribution in [3.63, 3.8) is 0 Å². The van der Waals surface area contributed by atoms with E-state index in [-0.39, 0.29) is 18.2 Å². The highest BCUT2D eigenvalue weighted by molar-refractivity contribution is 6.08. The summed E-state index contributed by atoms with van der Waals surface area (Å²) >= 11 is 0. The van der Waals surface area contributed by atoms with Crippen molar-refractivity contribution < 1.29 is 9.59 Å². The van der Waals surface area contributed by atoms with Crippen LogP contribution in [0, 0.1) is 13.8 Å². The predicted molar refractivity (Wildman–Crippen MR) is 106 cm³/mol. The Morgan fingerprint density at radius 2 is 1.85 bits per heavy atom. The van der Waals surface area contributed by atoms with Crippen LogP contribution < -0.4 is 5.32 Å². The number of nitrogens with zero attached hydrogens (tertiary/aromatic N) is 1.